The zero-order valence-corrected chi connectivity index (χ0v) is 12.7. The van der Waals surface area contributed by atoms with Gasteiger partial charge in [-0.3, -0.25) is 4.79 Å². The van der Waals surface area contributed by atoms with Crippen LogP contribution < -0.4 is 0 Å². The molecule has 0 aromatic heterocycles. The number of nitrogens with zero attached hydrogens (tertiary/aromatic N) is 2. The number of carbonyl (C=O) groups is 1. The van der Waals surface area contributed by atoms with E-state index in [4.69, 9.17) is 0 Å². The highest BCUT2D eigenvalue weighted by atomic mass is 127. The van der Waals surface area contributed by atoms with Gasteiger partial charge in [0.15, 0.2) is 0 Å². The van der Waals surface area contributed by atoms with Gasteiger partial charge >= 0.3 is 0 Å². The Kier molecular flexibility index (Phi) is 4.11. The van der Waals surface area contributed by atoms with Crippen molar-refractivity contribution in [1.82, 2.24) is 9.80 Å². The number of hydrogen-bond donors (Lipinski definition) is 1. The average molecular weight is 360 g/mol. The molecule has 0 radical (unpaired) electrons. The highest BCUT2D eigenvalue weighted by molar-refractivity contribution is 14.1. The van der Waals surface area contributed by atoms with Gasteiger partial charge < -0.3 is 14.9 Å². The van der Waals surface area contributed by atoms with Gasteiger partial charge in [0, 0.05) is 29.2 Å². The van der Waals surface area contributed by atoms with Crippen molar-refractivity contribution in [2.24, 2.45) is 0 Å². The van der Waals surface area contributed by atoms with Crippen LogP contribution in [0.3, 0.4) is 0 Å². The summed E-state index contributed by atoms with van der Waals surface area (Å²) in [5.74, 6) is -0.0158. The molecule has 1 unspecified atom stereocenters. The molecule has 1 aliphatic heterocycles. The van der Waals surface area contributed by atoms with E-state index in [1.54, 1.807) is 18.2 Å². The Morgan fingerprint density at radius 2 is 2.17 bits per heavy atom. The van der Waals surface area contributed by atoms with E-state index >= 15 is 0 Å². The second-order valence-corrected chi connectivity index (χ2v) is 5.99. The van der Waals surface area contributed by atoms with Crippen LogP contribution in [0, 0.1) is 3.57 Å². The molecule has 1 aromatic carbocycles. The molecule has 1 amide bonds. The van der Waals surface area contributed by atoms with E-state index in [1.807, 2.05) is 4.90 Å². The molecule has 1 atom stereocenters. The minimum absolute atomic E-state index is 0.0620. The van der Waals surface area contributed by atoms with Crippen LogP contribution in [0.2, 0.25) is 0 Å². The van der Waals surface area contributed by atoms with E-state index in [0.29, 0.717) is 24.7 Å². The average Bonchev–Trinajstić information content (AvgIpc) is 2.35. The van der Waals surface area contributed by atoms with Crippen LogP contribution >= 0.6 is 22.6 Å². The molecule has 1 heterocycles. The maximum atomic E-state index is 12.4. The zero-order valence-electron chi connectivity index (χ0n) is 10.6. The Bertz CT molecular complexity index is 464. The summed E-state index contributed by atoms with van der Waals surface area (Å²) in [6.45, 7) is 4.40. The molecule has 0 aliphatic carbocycles. The van der Waals surface area contributed by atoms with Gasteiger partial charge in [0.05, 0.1) is 5.56 Å². The van der Waals surface area contributed by atoms with Gasteiger partial charge in [-0.2, -0.15) is 0 Å². The number of amides is 1. The first-order chi connectivity index (χ1) is 8.49. The van der Waals surface area contributed by atoms with E-state index in [2.05, 4.69) is 41.5 Å². The van der Waals surface area contributed by atoms with E-state index < -0.39 is 0 Å². The maximum Gasteiger partial charge on any atom is 0.257 e. The molecule has 1 saturated heterocycles. The SMILES string of the molecule is CC1CN(C(=O)c2cc(I)ccc2O)CCN1C. The van der Waals surface area contributed by atoms with Crippen molar-refractivity contribution in [3.8, 4) is 5.75 Å². The van der Waals surface area contributed by atoms with Crippen LogP contribution in [-0.2, 0) is 0 Å². The van der Waals surface area contributed by atoms with Gasteiger partial charge in [-0.05, 0) is 54.8 Å². The fourth-order valence-electron chi connectivity index (χ4n) is 2.08. The Balaban J connectivity index is 2.19. The zero-order chi connectivity index (χ0) is 13.3. The van der Waals surface area contributed by atoms with Crippen molar-refractivity contribution in [1.29, 1.82) is 0 Å². The van der Waals surface area contributed by atoms with Gasteiger partial charge in [0.1, 0.15) is 5.75 Å². The van der Waals surface area contributed by atoms with Crippen molar-refractivity contribution in [3.05, 3.63) is 27.3 Å². The number of benzene rings is 1. The monoisotopic (exact) mass is 360 g/mol. The minimum atomic E-state index is -0.0778. The molecule has 0 spiro atoms. The van der Waals surface area contributed by atoms with Gasteiger partial charge in [0.25, 0.3) is 5.91 Å². The topological polar surface area (TPSA) is 43.8 Å². The molecule has 18 heavy (non-hydrogen) atoms. The number of carbonyl (C=O) groups excluding carboxylic acids is 1. The van der Waals surface area contributed by atoms with E-state index in [0.717, 1.165) is 10.1 Å². The summed E-state index contributed by atoms with van der Waals surface area (Å²) in [5.41, 5.74) is 0.402. The molecular weight excluding hydrogens is 343 g/mol. The summed E-state index contributed by atoms with van der Waals surface area (Å²) < 4.78 is 0.955. The first kappa shape index (κ1) is 13.6. The van der Waals surface area contributed by atoms with Crippen molar-refractivity contribution >= 4 is 28.5 Å². The van der Waals surface area contributed by atoms with Crippen LogP contribution in [0.5, 0.6) is 5.75 Å². The molecule has 0 bridgehead atoms. The predicted molar refractivity (Wildman–Crippen MR) is 78.8 cm³/mol. The van der Waals surface area contributed by atoms with Crippen molar-refractivity contribution < 1.29 is 9.90 Å². The van der Waals surface area contributed by atoms with E-state index in [-0.39, 0.29) is 11.7 Å². The summed E-state index contributed by atoms with van der Waals surface area (Å²) in [4.78, 5) is 16.4. The van der Waals surface area contributed by atoms with Gasteiger partial charge in [0.2, 0.25) is 0 Å². The van der Waals surface area contributed by atoms with Crippen molar-refractivity contribution in [2.75, 3.05) is 26.7 Å². The quantitative estimate of drug-likeness (QED) is 0.777. The van der Waals surface area contributed by atoms with Crippen LogP contribution in [-0.4, -0.2) is 53.5 Å². The Hall–Kier alpha value is -0.820. The smallest absolute Gasteiger partial charge is 0.257 e. The summed E-state index contributed by atoms with van der Waals surface area (Å²) in [6.07, 6.45) is 0. The number of piperazine rings is 1. The first-order valence-electron chi connectivity index (χ1n) is 5.97. The fourth-order valence-corrected chi connectivity index (χ4v) is 2.57. The number of phenolic OH excluding ortho intramolecular Hbond substituents is 1. The lowest BCUT2D eigenvalue weighted by Gasteiger charge is -2.37. The molecule has 2 rings (SSSR count). The van der Waals surface area contributed by atoms with Gasteiger partial charge in [-0.25, -0.2) is 0 Å². The normalized spacial score (nSPS) is 21.1. The van der Waals surface area contributed by atoms with Crippen molar-refractivity contribution in [2.45, 2.75) is 13.0 Å². The lowest BCUT2D eigenvalue weighted by Crippen LogP contribution is -2.52. The Labute approximate surface area is 121 Å². The number of rotatable bonds is 1. The minimum Gasteiger partial charge on any atom is -0.507 e. The molecule has 4 nitrogen and oxygen atoms in total. The molecule has 1 aliphatic rings. The fraction of sp³-hybridized carbons (Fsp3) is 0.462. The predicted octanol–water partition coefficient (Wildman–Crippen LogP) is 1.77. The third-order valence-electron chi connectivity index (χ3n) is 3.44. The number of likely N-dealkylation sites (N-methyl/N-ethyl adjacent to an activating group) is 1. The van der Waals surface area contributed by atoms with Gasteiger partial charge in [-0.15, -0.1) is 0 Å². The standard InChI is InChI=1S/C13H17IN2O2/c1-9-8-16(6-5-15(9)2)13(18)11-7-10(14)3-4-12(11)17/h3-4,7,9,17H,5-6,8H2,1-2H3. The largest absolute Gasteiger partial charge is 0.507 e. The molecule has 1 aromatic rings. The van der Waals surface area contributed by atoms with Crippen molar-refractivity contribution in [3.63, 3.8) is 0 Å². The molecular formula is C13H17IN2O2. The summed E-state index contributed by atoms with van der Waals surface area (Å²) in [7, 11) is 2.06. The van der Waals surface area contributed by atoms with Gasteiger partial charge in [-0.1, -0.05) is 0 Å². The second kappa shape index (κ2) is 5.44. The molecule has 5 heteroatoms. The maximum absolute atomic E-state index is 12.4. The number of phenols is 1. The Morgan fingerprint density at radius 3 is 2.83 bits per heavy atom. The van der Waals surface area contributed by atoms with E-state index in [9.17, 15) is 9.90 Å². The first-order valence-corrected chi connectivity index (χ1v) is 7.05. The molecule has 0 saturated carbocycles. The molecule has 98 valence electrons. The van der Waals surface area contributed by atoms with Crippen LogP contribution in [0.25, 0.3) is 0 Å². The lowest BCUT2D eigenvalue weighted by molar-refractivity contribution is 0.0569. The lowest BCUT2D eigenvalue weighted by atomic mass is 10.1. The summed E-state index contributed by atoms with van der Waals surface area (Å²) in [5, 5.41) is 9.79. The summed E-state index contributed by atoms with van der Waals surface area (Å²) in [6, 6.07) is 5.46. The highest BCUT2D eigenvalue weighted by Crippen LogP contribution is 2.22. The third-order valence-corrected chi connectivity index (χ3v) is 4.11. The Morgan fingerprint density at radius 1 is 1.44 bits per heavy atom. The second-order valence-electron chi connectivity index (χ2n) is 4.74. The number of hydrogen-bond acceptors (Lipinski definition) is 3. The highest BCUT2D eigenvalue weighted by Gasteiger charge is 2.26. The van der Waals surface area contributed by atoms with Crippen LogP contribution in [0.15, 0.2) is 18.2 Å². The molecule has 1 fully saturated rings. The number of aromatic hydroxyl groups is 1. The number of halogens is 1. The summed E-state index contributed by atoms with van der Waals surface area (Å²) >= 11 is 2.14. The van der Waals surface area contributed by atoms with Crippen LogP contribution in [0.4, 0.5) is 0 Å². The van der Waals surface area contributed by atoms with Crippen LogP contribution in [0.1, 0.15) is 17.3 Å². The van der Waals surface area contributed by atoms with E-state index in [1.165, 1.54) is 0 Å². The molecule has 1 N–H and O–H groups in total. The third kappa shape index (κ3) is 2.77.